The second-order valence-electron chi connectivity index (χ2n) is 8.04. The van der Waals surface area contributed by atoms with Crippen molar-refractivity contribution in [3.63, 3.8) is 0 Å². The summed E-state index contributed by atoms with van der Waals surface area (Å²) in [5.74, 6) is -1.03. The predicted octanol–water partition coefficient (Wildman–Crippen LogP) is 3.10. The number of anilines is 2. The van der Waals surface area contributed by atoms with Crippen molar-refractivity contribution in [1.82, 2.24) is 9.88 Å². The number of imide groups is 1. The van der Waals surface area contributed by atoms with Crippen LogP contribution in [-0.4, -0.2) is 53.2 Å². The lowest BCUT2D eigenvalue weighted by Gasteiger charge is -2.26. The lowest BCUT2D eigenvalue weighted by atomic mass is 10.1. The Morgan fingerprint density at radius 3 is 2.47 bits per heavy atom. The van der Waals surface area contributed by atoms with Gasteiger partial charge in [-0.2, -0.15) is 0 Å². The summed E-state index contributed by atoms with van der Waals surface area (Å²) < 4.78 is 5.48. The number of hydrogen-bond acceptors (Lipinski definition) is 7. The Hall–Kier alpha value is -4.05. The van der Waals surface area contributed by atoms with Crippen LogP contribution in [0.2, 0.25) is 0 Å². The number of benzene rings is 2. The number of fused-ring (bicyclic) bond motifs is 2. The van der Waals surface area contributed by atoms with Gasteiger partial charge in [-0.05, 0) is 44.2 Å². The van der Waals surface area contributed by atoms with Gasteiger partial charge < -0.3 is 15.0 Å². The number of ether oxygens (including phenoxy) is 1. The average molecular weight is 477 g/mol. The van der Waals surface area contributed by atoms with Crippen molar-refractivity contribution in [3.8, 4) is 17.0 Å². The van der Waals surface area contributed by atoms with Gasteiger partial charge >= 0.3 is 0 Å². The van der Waals surface area contributed by atoms with Crippen molar-refractivity contribution < 1.29 is 23.9 Å². The Morgan fingerprint density at radius 1 is 1.12 bits per heavy atom. The fraction of sp³-hybridized carbons (Fsp3) is 0.208. The minimum absolute atomic E-state index is 0.0000440. The number of nitrogens with zero attached hydrogens (tertiary/aromatic N) is 3. The lowest BCUT2D eigenvalue weighted by molar-refractivity contribution is -0.121. The highest BCUT2D eigenvalue weighted by Crippen LogP contribution is 2.38. The Morgan fingerprint density at radius 2 is 1.79 bits per heavy atom. The van der Waals surface area contributed by atoms with Crippen molar-refractivity contribution >= 4 is 45.8 Å². The molecule has 1 N–H and O–H groups in total. The number of carbonyl (C=O) groups excluding carboxylic acids is 4. The SMILES string of the molecule is Cc1sc(NC(=O)[C@H](C)N2C(=O)c3ccccc3C2=O)nc1-c1ccc2c(c1)N(C)C(=O)CO2. The molecular weight excluding hydrogens is 456 g/mol. The number of amides is 4. The molecule has 10 heteroatoms. The van der Waals surface area contributed by atoms with Crippen LogP contribution in [0, 0.1) is 6.92 Å². The highest BCUT2D eigenvalue weighted by atomic mass is 32.1. The minimum Gasteiger partial charge on any atom is -0.482 e. The first-order chi connectivity index (χ1) is 16.3. The maximum atomic E-state index is 12.9. The molecule has 9 nitrogen and oxygen atoms in total. The van der Waals surface area contributed by atoms with Crippen LogP contribution in [0.1, 0.15) is 32.5 Å². The van der Waals surface area contributed by atoms with Crippen molar-refractivity contribution in [2.45, 2.75) is 19.9 Å². The topological polar surface area (TPSA) is 109 Å². The minimum atomic E-state index is -1.01. The zero-order valence-corrected chi connectivity index (χ0v) is 19.4. The van der Waals surface area contributed by atoms with Crippen LogP contribution in [0.15, 0.2) is 42.5 Å². The van der Waals surface area contributed by atoms with E-state index in [-0.39, 0.29) is 12.5 Å². The number of nitrogens with one attached hydrogen (secondary N) is 1. The van der Waals surface area contributed by atoms with Gasteiger partial charge in [0.05, 0.1) is 22.5 Å². The summed E-state index contributed by atoms with van der Waals surface area (Å²) in [5.41, 5.74) is 2.65. The summed E-state index contributed by atoms with van der Waals surface area (Å²) in [6.07, 6.45) is 0. The van der Waals surface area contributed by atoms with Crippen molar-refractivity contribution in [1.29, 1.82) is 0 Å². The molecule has 2 aromatic carbocycles. The molecule has 2 aliphatic rings. The summed E-state index contributed by atoms with van der Waals surface area (Å²) in [4.78, 5) is 58.2. The zero-order valence-electron chi connectivity index (χ0n) is 18.6. The van der Waals surface area contributed by atoms with Crippen LogP contribution < -0.4 is 15.0 Å². The quantitative estimate of drug-likeness (QED) is 0.580. The molecule has 34 heavy (non-hydrogen) atoms. The molecule has 5 rings (SSSR count). The van der Waals surface area contributed by atoms with Crippen LogP contribution in [-0.2, 0) is 9.59 Å². The summed E-state index contributed by atoms with van der Waals surface area (Å²) in [7, 11) is 1.69. The third-order valence-corrected chi connectivity index (χ3v) is 6.82. The molecule has 0 bridgehead atoms. The number of aromatic nitrogens is 1. The molecular formula is C24H20N4O5S. The molecule has 172 valence electrons. The molecule has 0 fully saturated rings. The van der Waals surface area contributed by atoms with E-state index in [1.807, 2.05) is 19.1 Å². The molecule has 0 radical (unpaired) electrons. The molecule has 1 atom stereocenters. The second-order valence-corrected chi connectivity index (χ2v) is 9.24. The Bertz CT molecular complexity index is 1350. The van der Waals surface area contributed by atoms with E-state index >= 15 is 0 Å². The van der Waals surface area contributed by atoms with Crippen LogP contribution in [0.25, 0.3) is 11.3 Å². The van der Waals surface area contributed by atoms with E-state index < -0.39 is 23.8 Å². The van der Waals surface area contributed by atoms with Gasteiger partial charge in [0.1, 0.15) is 11.8 Å². The lowest BCUT2D eigenvalue weighted by Crippen LogP contribution is -2.45. The summed E-state index contributed by atoms with van der Waals surface area (Å²) >= 11 is 1.28. The van der Waals surface area contributed by atoms with Gasteiger partial charge in [-0.3, -0.25) is 24.1 Å². The van der Waals surface area contributed by atoms with E-state index in [1.165, 1.54) is 23.2 Å². The van der Waals surface area contributed by atoms with Crippen LogP contribution >= 0.6 is 11.3 Å². The van der Waals surface area contributed by atoms with Crippen molar-refractivity contribution in [3.05, 3.63) is 58.5 Å². The van der Waals surface area contributed by atoms with E-state index in [4.69, 9.17) is 4.74 Å². The van der Waals surface area contributed by atoms with Gasteiger partial charge in [0.25, 0.3) is 17.7 Å². The van der Waals surface area contributed by atoms with Gasteiger partial charge in [0, 0.05) is 17.5 Å². The van der Waals surface area contributed by atoms with Gasteiger partial charge in [0.15, 0.2) is 11.7 Å². The largest absolute Gasteiger partial charge is 0.482 e. The molecule has 2 aliphatic heterocycles. The normalized spacial score (nSPS) is 15.7. The third-order valence-electron chi connectivity index (χ3n) is 5.94. The first-order valence-corrected chi connectivity index (χ1v) is 11.4. The molecule has 3 heterocycles. The number of likely N-dealkylation sites (N-methyl/N-ethyl adjacent to an activating group) is 1. The van der Waals surface area contributed by atoms with Crippen LogP contribution in [0.3, 0.4) is 0 Å². The Kier molecular flexibility index (Phi) is 5.17. The van der Waals surface area contributed by atoms with Crippen molar-refractivity contribution in [2.24, 2.45) is 0 Å². The van der Waals surface area contributed by atoms with E-state index in [2.05, 4.69) is 10.3 Å². The maximum Gasteiger partial charge on any atom is 0.264 e. The Labute approximate surface area is 199 Å². The zero-order chi connectivity index (χ0) is 24.1. The predicted molar refractivity (Wildman–Crippen MR) is 126 cm³/mol. The van der Waals surface area contributed by atoms with Crippen LogP contribution in [0.5, 0.6) is 5.75 Å². The molecule has 0 spiro atoms. The molecule has 3 aromatic rings. The fourth-order valence-electron chi connectivity index (χ4n) is 4.02. The van der Waals surface area contributed by atoms with E-state index in [1.54, 1.807) is 37.4 Å². The average Bonchev–Trinajstić information content (AvgIpc) is 3.32. The molecule has 0 aliphatic carbocycles. The van der Waals surface area contributed by atoms with Gasteiger partial charge in [0.2, 0.25) is 5.91 Å². The van der Waals surface area contributed by atoms with Crippen LogP contribution in [0.4, 0.5) is 10.8 Å². The summed E-state index contributed by atoms with van der Waals surface area (Å²) in [6, 6.07) is 10.9. The number of hydrogen-bond donors (Lipinski definition) is 1. The monoisotopic (exact) mass is 476 g/mol. The first-order valence-electron chi connectivity index (χ1n) is 10.5. The first kappa shape index (κ1) is 21.8. The number of thiazole rings is 1. The van der Waals surface area contributed by atoms with E-state index in [0.717, 1.165) is 15.3 Å². The Balaban J connectivity index is 1.36. The molecule has 1 aromatic heterocycles. The maximum absolute atomic E-state index is 12.9. The molecule has 0 saturated heterocycles. The summed E-state index contributed by atoms with van der Waals surface area (Å²) in [5, 5.41) is 3.08. The standard InChI is InChI=1S/C24H20N4O5S/c1-12(28-22(31)15-6-4-5-7-16(15)23(28)32)21(30)26-24-25-20(13(2)34-24)14-8-9-18-17(10-14)27(3)19(29)11-33-18/h4-10,12H,11H2,1-3H3,(H,25,26,30)/t12-/m0/s1. The third kappa shape index (κ3) is 3.43. The number of aryl methyl sites for hydroxylation is 1. The smallest absolute Gasteiger partial charge is 0.264 e. The molecule has 4 amide bonds. The number of rotatable bonds is 4. The van der Waals surface area contributed by atoms with Crippen molar-refractivity contribution in [2.75, 3.05) is 23.9 Å². The van der Waals surface area contributed by atoms with Gasteiger partial charge in [-0.15, -0.1) is 11.3 Å². The van der Waals surface area contributed by atoms with E-state index in [9.17, 15) is 19.2 Å². The highest BCUT2D eigenvalue weighted by Gasteiger charge is 2.40. The molecule has 0 unspecified atom stereocenters. The highest BCUT2D eigenvalue weighted by molar-refractivity contribution is 7.16. The number of carbonyl (C=O) groups is 4. The fourth-order valence-corrected chi connectivity index (χ4v) is 4.86. The summed E-state index contributed by atoms with van der Waals surface area (Å²) in [6.45, 7) is 3.38. The second kappa shape index (κ2) is 8.07. The van der Waals surface area contributed by atoms with Gasteiger partial charge in [-0.25, -0.2) is 4.98 Å². The van der Waals surface area contributed by atoms with E-state index in [0.29, 0.717) is 33.4 Å². The molecule has 0 saturated carbocycles. The van der Waals surface area contributed by atoms with Gasteiger partial charge in [-0.1, -0.05) is 12.1 Å².